The second-order valence-electron chi connectivity index (χ2n) is 3.25. The Kier molecular flexibility index (Phi) is 3.75. The van der Waals surface area contributed by atoms with E-state index in [4.69, 9.17) is 5.73 Å². The molecule has 0 saturated carbocycles. The van der Waals surface area contributed by atoms with E-state index in [0.29, 0.717) is 5.33 Å². The molecule has 0 spiro atoms. The topological polar surface area (TPSA) is 38.4 Å². The molecule has 0 heterocycles. The zero-order chi connectivity index (χ0) is 12.4. The number of hydrogen-bond donors (Lipinski definition) is 1. The minimum Gasteiger partial charge on any atom is -0.296 e. The van der Waals surface area contributed by atoms with E-state index in [1.165, 1.54) is 12.1 Å². The Bertz CT molecular complexity index is 375. The number of halogens is 4. The maximum Gasteiger partial charge on any atom is 0.431 e. The average molecular weight is 295 g/mol. The van der Waals surface area contributed by atoms with Crippen LogP contribution in [-0.4, -0.2) is 12.9 Å². The molecule has 1 rings (SSSR count). The van der Waals surface area contributed by atoms with E-state index in [1.807, 2.05) is 0 Å². The molecule has 0 aromatic heterocycles. The van der Waals surface area contributed by atoms with Gasteiger partial charge in [0.1, 0.15) is 0 Å². The summed E-state index contributed by atoms with van der Waals surface area (Å²) in [7, 11) is 0. The molecular formula is C10H10BrF3N2. The van der Waals surface area contributed by atoms with Crippen molar-refractivity contribution in [3.05, 3.63) is 35.4 Å². The van der Waals surface area contributed by atoms with Crippen molar-refractivity contribution in [2.45, 2.75) is 17.2 Å². The van der Waals surface area contributed by atoms with E-state index < -0.39 is 11.8 Å². The summed E-state index contributed by atoms with van der Waals surface area (Å²) in [6, 6.07) is 5.72. The van der Waals surface area contributed by atoms with Crippen LogP contribution in [0.2, 0.25) is 0 Å². The van der Waals surface area contributed by atoms with Crippen LogP contribution < -0.4 is 5.73 Å². The second-order valence-corrected chi connectivity index (χ2v) is 3.81. The Labute approximate surface area is 99.5 Å². The molecular weight excluding hydrogens is 285 g/mol. The molecule has 88 valence electrons. The molecule has 1 aromatic carbocycles. The Morgan fingerprint density at radius 2 is 1.75 bits per heavy atom. The van der Waals surface area contributed by atoms with Gasteiger partial charge in [-0.15, -0.1) is 0 Å². The monoisotopic (exact) mass is 294 g/mol. The molecule has 1 unspecified atom stereocenters. The van der Waals surface area contributed by atoms with Crippen molar-refractivity contribution in [1.82, 2.24) is 0 Å². The summed E-state index contributed by atoms with van der Waals surface area (Å²) in [4.78, 5) is 3.01. The number of aliphatic imine (C=N–C) groups is 1. The second kappa shape index (κ2) is 4.55. The standard InChI is InChI=1S/C10H10BrF3N2/c1-16-9(15,10(12,13)14)8-4-2-7(6-11)3-5-8/h2-5H,1,6,15H2. The van der Waals surface area contributed by atoms with Gasteiger partial charge in [0, 0.05) is 10.9 Å². The van der Waals surface area contributed by atoms with Crippen molar-refractivity contribution >= 4 is 22.6 Å². The van der Waals surface area contributed by atoms with E-state index in [-0.39, 0.29) is 5.56 Å². The molecule has 0 saturated heterocycles. The Morgan fingerprint density at radius 1 is 1.25 bits per heavy atom. The third-order valence-corrected chi connectivity index (χ3v) is 2.88. The van der Waals surface area contributed by atoms with E-state index in [1.54, 1.807) is 12.1 Å². The molecule has 0 fully saturated rings. The summed E-state index contributed by atoms with van der Waals surface area (Å²) >= 11 is 3.20. The van der Waals surface area contributed by atoms with E-state index in [9.17, 15) is 13.2 Å². The van der Waals surface area contributed by atoms with Crippen molar-refractivity contribution in [2.24, 2.45) is 10.7 Å². The quantitative estimate of drug-likeness (QED) is 0.675. The SMILES string of the molecule is C=NC(N)(c1ccc(CBr)cc1)C(F)(F)F. The summed E-state index contributed by atoms with van der Waals surface area (Å²) in [6.07, 6.45) is -4.66. The zero-order valence-corrected chi connectivity index (χ0v) is 9.85. The first-order valence-corrected chi connectivity index (χ1v) is 5.46. The number of rotatable bonds is 3. The predicted octanol–water partition coefficient (Wildman–Crippen LogP) is 2.96. The van der Waals surface area contributed by atoms with Gasteiger partial charge in [-0.05, 0) is 12.3 Å². The van der Waals surface area contributed by atoms with Gasteiger partial charge in [0.2, 0.25) is 5.66 Å². The molecule has 0 amide bonds. The van der Waals surface area contributed by atoms with Crippen molar-refractivity contribution in [1.29, 1.82) is 0 Å². The lowest BCUT2D eigenvalue weighted by Crippen LogP contribution is -2.48. The zero-order valence-electron chi connectivity index (χ0n) is 8.26. The highest BCUT2D eigenvalue weighted by Gasteiger charge is 2.53. The lowest BCUT2D eigenvalue weighted by atomic mass is 9.99. The van der Waals surface area contributed by atoms with Crippen molar-refractivity contribution in [2.75, 3.05) is 0 Å². The summed E-state index contributed by atoms with van der Waals surface area (Å²) in [5.41, 5.74) is 3.22. The molecule has 2 N–H and O–H groups in total. The molecule has 1 aromatic rings. The minimum atomic E-state index is -4.66. The van der Waals surface area contributed by atoms with E-state index >= 15 is 0 Å². The van der Waals surface area contributed by atoms with Crippen molar-refractivity contribution in [3.8, 4) is 0 Å². The Balaban J connectivity index is 3.18. The summed E-state index contributed by atoms with van der Waals surface area (Å²) < 4.78 is 38.1. The molecule has 1 atom stereocenters. The fourth-order valence-corrected chi connectivity index (χ4v) is 1.57. The van der Waals surface area contributed by atoms with Crippen molar-refractivity contribution in [3.63, 3.8) is 0 Å². The van der Waals surface area contributed by atoms with Gasteiger partial charge in [-0.1, -0.05) is 40.2 Å². The van der Waals surface area contributed by atoms with Gasteiger partial charge in [0.25, 0.3) is 0 Å². The number of nitrogens with zero attached hydrogens (tertiary/aromatic N) is 1. The lowest BCUT2D eigenvalue weighted by Gasteiger charge is -2.27. The first kappa shape index (κ1) is 13.2. The Morgan fingerprint density at radius 3 is 2.06 bits per heavy atom. The van der Waals surface area contributed by atoms with Crippen LogP contribution >= 0.6 is 15.9 Å². The summed E-state index contributed by atoms with van der Waals surface area (Å²) in [5, 5.41) is 0.568. The van der Waals surface area contributed by atoms with Crippen LogP contribution in [0.5, 0.6) is 0 Å². The van der Waals surface area contributed by atoms with Gasteiger partial charge >= 0.3 is 6.18 Å². The summed E-state index contributed by atoms with van der Waals surface area (Å²) in [5.74, 6) is 0. The fourth-order valence-electron chi connectivity index (χ4n) is 1.19. The average Bonchev–Trinajstić information content (AvgIpc) is 2.26. The first-order valence-electron chi connectivity index (χ1n) is 4.34. The molecule has 6 heteroatoms. The van der Waals surface area contributed by atoms with E-state index in [2.05, 4.69) is 27.6 Å². The van der Waals surface area contributed by atoms with E-state index in [0.717, 1.165) is 5.56 Å². The van der Waals surface area contributed by atoms with Crippen LogP contribution in [-0.2, 0) is 11.0 Å². The third kappa shape index (κ3) is 2.27. The molecule has 0 bridgehead atoms. The minimum absolute atomic E-state index is 0.125. The smallest absolute Gasteiger partial charge is 0.296 e. The largest absolute Gasteiger partial charge is 0.431 e. The molecule has 16 heavy (non-hydrogen) atoms. The van der Waals surface area contributed by atoms with Gasteiger partial charge in [-0.2, -0.15) is 13.2 Å². The van der Waals surface area contributed by atoms with Crippen LogP contribution in [0.1, 0.15) is 11.1 Å². The Hall–Kier alpha value is -0.880. The first-order chi connectivity index (χ1) is 7.35. The van der Waals surface area contributed by atoms with Crippen molar-refractivity contribution < 1.29 is 13.2 Å². The highest BCUT2D eigenvalue weighted by Crippen LogP contribution is 2.37. The maximum absolute atomic E-state index is 12.7. The fraction of sp³-hybridized carbons (Fsp3) is 0.300. The molecule has 2 nitrogen and oxygen atoms in total. The molecule has 0 aliphatic rings. The lowest BCUT2D eigenvalue weighted by molar-refractivity contribution is -0.186. The van der Waals surface area contributed by atoms with Gasteiger partial charge in [-0.25, -0.2) is 0 Å². The number of benzene rings is 1. The van der Waals surface area contributed by atoms with Gasteiger partial charge in [0.15, 0.2) is 0 Å². The third-order valence-electron chi connectivity index (χ3n) is 2.23. The van der Waals surface area contributed by atoms with Gasteiger partial charge < -0.3 is 0 Å². The predicted molar refractivity (Wildman–Crippen MR) is 60.5 cm³/mol. The number of nitrogens with two attached hydrogens (primary N) is 1. The number of hydrogen-bond acceptors (Lipinski definition) is 2. The molecule has 0 aliphatic heterocycles. The van der Waals surface area contributed by atoms with Crippen LogP contribution in [0.3, 0.4) is 0 Å². The maximum atomic E-state index is 12.7. The van der Waals surface area contributed by atoms with Gasteiger partial charge in [-0.3, -0.25) is 10.7 Å². The molecule has 0 radical (unpaired) electrons. The van der Waals surface area contributed by atoms with Crippen LogP contribution in [0.25, 0.3) is 0 Å². The highest BCUT2D eigenvalue weighted by atomic mass is 79.9. The summed E-state index contributed by atoms with van der Waals surface area (Å²) in [6.45, 7) is 2.91. The number of alkyl halides is 4. The van der Waals surface area contributed by atoms with Crippen LogP contribution in [0.15, 0.2) is 29.3 Å². The van der Waals surface area contributed by atoms with Crippen LogP contribution in [0.4, 0.5) is 13.2 Å². The molecule has 0 aliphatic carbocycles. The van der Waals surface area contributed by atoms with Crippen LogP contribution in [0, 0.1) is 0 Å². The normalized spacial score (nSPS) is 15.6. The highest BCUT2D eigenvalue weighted by molar-refractivity contribution is 9.08. The van der Waals surface area contributed by atoms with Gasteiger partial charge in [0.05, 0.1) is 0 Å².